The van der Waals surface area contributed by atoms with Gasteiger partial charge >= 0.3 is 12.0 Å². The van der Waals surface area contributed by atoms with Gasteiger partial charge in [-0.2, -0.15) is 0 Å². The van der Waals surface area contributed by atoms with E-state index in [-0.39, 0.29) is 12.5 Å². The monoisotopic (exact) mass is 286 g/mol. The Hall–Kier alpha value is -1.30. The zero-order valence-electron chi connectivity index (χ0n) is 12.3. The van der Waals surface area contributed by atoms with Crippen molar-refractivity contribution in [1.82, 2.24) is 10.2 Å². The summed E-state index contributed by atoms with van der Waals surface area (Å²) < 4.78 is 5.02. The van der Waals surface area contributed by atoms with Gasteiger partial charge in [0.05, 0.1) is 6.61 Å². The molecule has 0 heterocycles. The number of carbonyl (C=O) groups is 2. The minimum atomic E-state index is -0.739. The van der Waals surface area contributed by atoms with Crippen LogP contribution in [0.5, 0.6) is 0 Å². The van der Waals surface area contributed by atoms with E-state index in [1.54, 1.807) is 7.11 Å². The first kappa shape index (κ1) is 16.8. The summed E-state index contributed by atoms with van der Waals surface area (Å²) in [4.78, 5) is 24.2. The second-order valence-corrected chi connectivity index (χ2v) is 5.21. The molecule has 0 bridgehead atoms. The molecule has 1 saturated carbocycles. The smallest absolute Gasteiger partial charge is 0.317 e. The number of rotatable bonds is 11. The molecule has 0 spiro atoms. The third-order valence-electron chi connectivity index (χ3n) is 3.38. The van der Waals surface area contributed by atoms with E-state index in [0.29, 0.717) is 32.2 Å². The Morgan fingerprint density at radius 2 is 1.95 bits per heavy atom. The highest BCUT2D eigenvalue weighted by molar-refractivity contribution is 5.74. The van der Waals surface area contributed by atoms with E-state index in [9.17, 15) is 9.59 Å². The Kier molecular flexibility index (Phi) is 8.02. The van der Waals surface area contributed by atoms with Crippen molar-refractivity contribution in [2.24, 2.45) is 0 Å². The third kappa shape index (κ3) is 7.33. The zero-order valence-corrected chi connectivity index (χ0v) is 12.3. The molecule has 1 aliphatic rings. The number of nitrogens with zero attached hydrogens (tertiary/aromatic N) is 1. The van der Waals surface area contributed by atoms with Gasteiger partial charge in [-0.25, -0.2) is 4.79 Å². The standard InChI is InChI=1S/C14H26N2O4/c1-20-11-10-16(12-7-8-12)14(19)15-9-5-3-2-4-6-13(17)18/h12H,2-11H2,1H3,(H,15,19)(H,17,18). The number of unbranched alkanes of at least 4 members (excludes halogenated alkanes) is 3. The van der Waals surface area contributed by atoms with Crippen LogP contribution in [0.25, 0.3) is 0 Å². The molecular weight excluding hydrogens is 260 g/mol. The first-order chi connectivity index (χ1) is 9.65. The van der Waals surface area contributed by atoms with Crippen LogP contribution in [0, 0.1) is 0 Å². The minimum absolute atomic E-state index is 0.00455. The average molecular weight is 286 g/mol. The van der Waals surface area contributed by atoms with Crippen molar-refractivity contribution < 1.29 is 19.4 Å². The summed E-state index contributed by atoms with van der Waals surface area (Å²) in [5.74, 6) is -0.739. The fraction of sp³-hybridized carbons (Fsp3) is 0.857. The normalized spacial score (nSPS) is 14.1. The first-order valence-corrected chi connectivity index (χ1v) is 7.40. The van der Waals surface area contributed by atoms with E-state index < -0.39 is 5.97 Å². The van der Waals surface area contributed by atoms with Crippen LogP contribution in [0.3, 0.4) is 0 Å². The lowest BCUT2D eigenvalue weighted by atomic mass is 10.1. The number of carbonyl (C=O) groups excluding carboxylic acids is 1. The number of methoxy groups -OCH3 is 1. The van der Waals surface area contributed by atoms with Crippen molar-refractivity contribution in [2.45, 2.75) is 51.0 Å². The number of urea groups is 1. The summed E-state index contributed by atoms with van der Waals surface area (Å²) in [7, 11) is 1.64. The van der Waals surface area contributed by atoms with Gasteiger partial charge in [0.2, 0.25) is 0 Å². The summed E-state index contributed by atoms with van der Waals surface area (Å²) in [6.07, 6.45) is 5.88. The number of aliphatic carboxylic acids is 1. The lowest BCUT2D eigenvalue weighted by Crippen LogP contribution is -2.43. The second kappa shape index (κ2) is 9.58. The third-order valence-corrected chi connectivity index (χ3v) is 3.38. The molecule has 6 nitrogen and oxygen atoms in total. The zero-order chi connectivity index (χ0) is 14.8. The average Bonchev–Trinajstić information content (AvgIpc) is 3.22. The number of amides is 2. The molecule has 2 N–H and O–H groups in total. The Morgan fingerprint density at radius 1 is 1.25 bits per heavy atom. The quantitative estimate of drug-likeness (QED) is 0.568. The molecule has 1 fully saturated rings. The number of carboxylic acids is 1. The van der Waals surface area contributed by atoms with Crippen LogP contribution in [-0.4, -0.2) is 54.9 Å². The molecule has 20 heavy (non-hydrogen) atoms. The number of ether oxygens (including phenoxy) is 1. The molecule has 1 rings (SSSR count). The van der Waals surface area contributed by atoms with Crippen LogP contribution < -0.4 is 5.32 Å². The van der Waals surface area contributed by atoms with E-state index >= 15 is 0 Å². The predicted molar refractivity (Wildman–Crippen MR) is 75.7 cm³/mol. The summed E-state index contributed by atoms with van der Waals surface area (Å²) in [6, 6.07) is 0.385. The number of hydrogen-bond donors (Lipinski definition) is 2. The Morgan fingerprint density at radius 3 is 2.55 bits per heavy atom. The number of carboxylic acid groups (broad SMARTS) is 1. The van der Waals surface area contributed by atoms with Crippen molar-refractivity contribution in [3.63, 3.8) is 0 Å². The summed E-state index contributed by atoms with van der Waals surface area (Å²) in [6.45, 7) is 1.87. The molecule has 0 atom stereocenters. The molecule has 6 heteroatoms. The number of hydrogen-bond acceptors (Lipinski definition) is 3. The minimum Gasteiger partial charge on any atom is -0.481 e. The Balaban J connectivity index is 2.04. The fourth-order valence-corrected chi connectivity index (χ4v) is 2.08. The van der Waals surface area contributed by atoms with Gasteiger partial charge in [-0.1, -0.05) is 12.8 Å². The topological polar surface area (TPSA) is 78.9 Å². The molecule has 1 aliphatic carbocycles. The van der Waals surface area contributed by atoms with E-state index in [0.717, 1.165) is 32.1 Å². The van der Waals surface area contributed by atoms with E-state index in [1.165, 1.54) is 0 Å². The summed E-state index contributed by atoms with van der Waals surface area (Å²) >= 11 is 0. The van der Waals surface area contributed by atoms with Crippen molar-refractivity contribution in [3.8, 4) is 0 Å². The van der Waals surface area contributed by atoms with Crippen LogP contribution in [0.2, 0.25) is 0 Å². The maximum absolute atomic E-state index is 12.0. The van der Waals surface area contributed by atoms with Crippen LogP contribution in [0.4, 0.5) is 4.79 Å². The molecule has 116 valence electrons. The highest BCUT2D eigenvalue weighted by Crippen LogP contribution is 2.26. The Bertz CT molecular complexity index is 306. The molecular formula is C14H26N2O4. The summed E-state index contributed by atoms with van der Waals surface area (Å²) in [5, 5.41) is 11.4. The van der Waals surface area contributed by atoms with Gasteiger partial charge in [-0.15, -0.1) is 0 Å². The lowest BCUT2D eigenvalue weighted by molar-refractivity contribution is -0.137. The highest BCUT2D eigenvalue weighted by Gasteiger charge is 2.31. The second-order valence-electron chi connectivity index (χ2n) is 5.21. The van der Waals surface area contributed by atoms with E-state index in [2.05, 4.69) is 5.32 Å². The van der Waals surface area contributed by atoms with Gasteiger partial charge in [-0.3, -0.25) is 4.79 Å². The van der Waals surface area contributed by atoms with Crippen molar-refractivity contribution >= 4 is 12.0 Å². The molecule has 0 aromatic rings. The van der Waals surface area contributed by atoms with Gasteiger partial charge in [0.25, 0.3) is 0 Å². The van der Waals surface area contributed by atoms with Crippen LogP contribution >= 0.6 is 0 Å². The van der Waals surface area contributed by atoms with Gasteiger partial charge in [0.15, 0.2) is 0 Å². The van der Waals surface area contributed by atoms with Crippen molar-refractivity contribution in [3.05, 3.63) is 0 Å². The van der Waals surface area contributed by atoms with Crippen LogP contribution in [0.1, 0.15) is 44.9 Å². The molecule has 0 unspecified atom stereocenters. The van der Waals surface area contributed by atoms with Gasteiger partial charge in [0.1, 0.15) is 0 Å². The van der Waals surface area contributed by atoms with E-state index in [4.69, 9.17) is 9.84 Å². The molecule has 2 amide bonds. The molecule has 0 aliphatic heterocycles. The first-order valence-electron chi connectivity index (χ1n) is 7.40. The lowest BCUT2D eigenvalue weighted by Gasteiger charge is -2.22. The molecule has 0 aromatic carbocycles. The molecule has 0 aromatic heterocycles. The molecule has 0 saturated heterocycles. The highest BCUT2D eigenvalue weighted by atomic mass is 16.5. The Labute approximate surface area is 120 Å². The molecule has 0 radical (unpaired) electrons. The predicted octanol–water partition coefficient (Wildman–Crippen LogP) is 1.84. The summed E-state index contributed by atoms with van der Waals surface area (Å²) in [5.41, 5.74) is 0. The van der Waals surface area contributed by atoms with Gasteiger partial charge < -0.3 is 20.1 Å². The van der Waals surface area contributed by atoms with Crippen LogP contribution in [0.15, 0.2) is 0 Å². The van der Waals surface area contributed by atoms with Crippen LogP contribution in [-0.2, 0) is 9.53 Å². The van der Waals surface area contributed by atoms with Crippen molar-refractivity contribution in [1.29, 1.82) is 0 Å². The SMILES string of the molecule is COCCN(C(=O)NCCCCCCC(=O)O)C1CC1. The van der Waals surface area contributed by atoms with Gasteiger partial charge in [-0.05, 0) is 25.7 Å². The number of nitrogens with one attached hydrogen (secondary N) is 1. The van der Waals surface area contributed by atoms with E-state index in [1.807, 2.05) is 4.90 Å². The maximum Gasteiger partial charge on any atom is 0.317 e. The van der Waals surface area contributed by atoms with Gasteiger partial charge in [0, 0.05) is 32.7 Å². The largest absolute Gasteiger partial charge is 0.481 e. The fourth-order valence-electron chi connectivity index (χ4n) is 2.08. The maximum atomic E-state index is 12.0. The van der Waals surface area contributed by atoms with Crippen molar-refractivity contribution in [2.75, 3.05) is 26.8 Å².